The molecule has 2 N–H and O–H groups in total. The maximum Gasteiger partial charge on any atom is 0.251 e. The SMILES string of the molecule is C=CC(=O)NC1CCCN(S(=O)(=O)c2ccc(C(=O)NCCCCc3ccccc3)cc2)CC1. The van der Waals surface area contributed by atoms with Gasteiger partial charge in [0.05, 0.1) is 4.90 Å². The number of hydrogen-bond acceptors (Lipinski definition) is 4. The monoisotopic (exact) mass is 483 g/mol. The zero-order valence-corrected chi connectivity index (χ0v) is 20.2. The Balaban J connectivity index is 1.49. The molecule has 0 spiro atoms. The van der Waals surface area contributed by atoms with Crippen LogP contribution in [0.15, 0.2) is 72.1 Å². The van der Waals surface area contributed by atoms with Gasteiger partial charge in [-0.05, 0) is 74.4 Å². The van der Waals surface area contributed by atoms with Crippen molar-refractivity contribution >= 4 is 21.8 Å². The van der Waals surface area contributed by atoms with Crippen molar-refractivity contribution in [3.05, 3.63) is 78.4 Å². The Morgan fingerprint density at radius 2 is 1.74 bits per heavy atom. The Morgan fingerprint density at radius 3 is 2.44 bits per heavy atom. The Morgan fingerprint density at radius 1 is 1.00 bits per heavy atom. The van der Waals surface area contributed by atoms with Crippen LogP contribution in [0.3, 0.4) is 0 Å². The molecule has 1 fully saturated rings. The van der Waals surface area contributed by atoms with Gasteiger partial charge in [-0.1, -0.05) is 36.9 Å². The number of benzene rings is 2. The van der Waals surface area contributed by atoms with E-state index in [1.165, 1.54) is 28.1 Å². The average molecular weight is 484 g/mol. The van der Waals surface area contributed by atoms with Gasteiger partial charge in [0.2, 0.25) is 15.9 Å². The van der Waals surface area contributed by atoms with E-state index in [9.17, 15) is 18.0 Å². The van der Waals surface area contributed by atoms with Crippen LogP contribution in [-0.2, 0) is 21.2 Å². The lowest BCUT2D eigenvalue weighted by Gasteiger charge is -2.20. The number of unbranched alkanes of at least 4 members (excludes halogenated alkanes) is 1. The number of amides is 2. The third-order valence-corrected chi connectivity index (χ3v) is 7.91. The van der Waals surface area contributed by atoms with E-state index < -0.39 is 10.0 Å². The van der Waals surface area contributed by atoms with Crippen LogP contribution in [0.2, 0.25) is 0 Å². The predicted molar refractivity (Wildman–Crippen MR) is 133 cm³/mol. The van der Waals surface area contributed by atoms with Gasteiger partial charge in [0.1, 0.15) is 0 Å². The molecule has 1 saturated heterocycles. The first-order chi connectivity index (χ1) is 16.4. The molecular formula is C26H33N3O4S. The molecule has 2 aromatic rings. The minimum Gasteiger partial charge on any atom is -0.352 e. The summed E-state index contributed by atoms with van der Waals surface area (Å²) in [5.41, 5.74) is 1.72. The molecule has 2 amide bonds. The number of carbonyl (C=O) groups excluding carboxylic acids is 2. The van der Waals surface area contributed by atoms with Crippen LogP contribution in [0, 0.1) is 0 Å². The van der Waals surface area contributed by atoms with Gasteiger partial charge in [-0.3, -0.25) is 9.59 Å². The van der Waals surface area contributed by atoms with Crippen molar-refractivity contribution in [2.45, 2.75) is 49.5 Å². The lowest BCUT2D eigenvalue weighted by molar-refractivity contribution is -0.117. The summed E-state index contributed by atoms with van der Waals surface area (Å²) in [7, 11) is -3.67. The van der Waals surface area contributed by atoms with Crippen LogP contribution < -0.4 is 10.6 Å². The molecule has 2 aromatic carbocycles. The van der Waals surface area contributed by atoms with Crippen molar-refractivity contribution < 1.29 is 18.0 Å². The van der Waals surface area contributed by atoms with Gasteiger partial charge in [0, 0.05) is 31.2 Å². The van der Waals surface area contributed by atoms with Gasteiger partial charge in [-0.2, -0.15) is 4.31 Å². The van der Waals surface area contributed by atoms with Crippen molar-refractivity contribution in [2.75, 3.05) is 19.6 Å². The fourth-order valence-corrected chi connectivity index (χ4v) is 5.54. The molecule has 1 heterocycles. The maximum absolute atomic E-state index is 13.1. The first-order valence-electron chi connectivity index (χ1n) is 11.8. The molecule has 3 rings (SSSR count). The van der Waals surface area contributed by atoms with E-state index in [0.717, 1.165) is 25.7 Å². The fraction of sp³-hybridized carbons (Fsp3) is 0.385. The summed E-state index contributed by atoms with van der Waals surface area (Å²) in [6, 6.07) is 16.2. The summed E-state index contributed by atoms with van der Waals surface area (Å²) in [5, 5.41) is 5.75. The fourth-order valence-electron chi connectivity index (χ4n) is 4.04. The molecule has 8 heteroatoms. The largest absolute Gasteiger partial charge is 0.352 e. The molecule has 0 saturated carbocycles. The number of rotatable bonds is 10. The molecular weight excluding hydrogens is 450 g/mol. The topological polar surface area (TPSA) is 95.6 Å². The third-order valence-electron chi connectivity index (χ3n) is 5.99. The van der Waals surface area contributed by atoms with Crippen molar-refractivity contribution in [2.24, 2.45) is 0 Å². The van der Waals surface area contributed by atoms with Crippen molar-refractivity contribution in [1.82, 2.24) is 14.9 Å². The standard InChI is InChI=1S/C26H33N3O4S/c1-2-25(30)28-23-12-8-19-29(20-17-23)34(32,33)24-15-13-22(14-16-24)26(31)27-18-7-6-11-21-9-4-3-5-10-21/h2-5,9-10,13-16,23H,1,6-8,11-12,17-20H2,(H,27,31)(H,28,30). The highest BCUT2D eigenvalue weighted by Crippen LogP contribution is 2.21. The van der Waals surface area contributed by atoms with Crippen LogP contribution in [0.1, 0.15) is 48.0 Å². The average Bonchev–Trinajstić information content (AvgIpc) is 3.10. The smallest absolute Gasteiger partial charge is 0.251 e. The van der Waals surface area contributed by atoms with Gasteiger partial charge >= 0.3 is 0 Å². The first-order valence-corrected chi connectivity index (χ1v) is 13.2. The van der Waals surface area contributed by atoms with Crippen LogP contribution >= 0.6 is 0 Å². The molecule has 0 aromatic heterocycles. The van der Waals surface area contributed by atoms with Gasteiger partial charge in [-0.15, -0.1) is 0 Å². The van der Waals surface area contributed by atoms with Crippen LogP contribution in [0.25, 0.3) is 0 Å². The second kappa shape index (κ2) is 12.5. The summed E-state index contributed by atoms with van der Waals surface area (Å²) in [4.78, 5) is 24.1. The predicted octanol–water partition coefficient (Wildman–Crippen LogP) is 3.28. The number of carbonyl (C=O) groups is 2. The van der Waals surface area contributed by atoms with Gasteiger partial charge in [-0.25, -0.2) is 8.42 Å². The van der Waals surface area contributed by atoms with E-state index >= 15 is 0 Å². The summed E-state index contributed by atoms with van der Waals surface area (Å²) in [5.74, 6) is -0.453. The minimum absolute atomic E-state index is 0.0653. The normalized spacial score (nSPS) is 16.9. The van der Waals surface area contributed by atoms with E-state index in [1.54, 1.807) is 12.1 Å². The maximum atomic E-state index is 13.1. The molecule has 0 aliphatic carbocycles. The Bertz CT molecular complexity index is 1070. The molecule has 182 valence electrons. The van der Waals surface area contributed by atoms with Crippen LogP contribution in [-0.4, -0.2) is 50.2 Å². The van der Waals surface area contributed by atoms with E-state index in [2.05, 4.69) is 29.3 Å². The van der Waals surface area contributed by atoms with E-state index in [4.69, 9.17) is 0 Å². The second-order valence-corrected chi connectivity index (χ2v) is 10.4. The van der Waals surface area contributed by atoms with Gasteiger partial charge < -0.3 is 10.6 Å². The molecule has 7 nitrogen and oxygen atoms in total. The number of hydrogen-bond donors (Lipinski definition) is 2. The molecule has 0 bridgehead atoms. The molecule has 1 aliphatic heterocycles. The highest BCUT2D eigenvalue weighted by atomic mass is 32.2. The number of nitrogens with zero attached hydrogens (tertiary/aromatic N) is 1. The number of nitrogens with one attached hydrogen (secondary N) is 2. The highest BCUT2D eigenvalue weighted by molar-refractivity contribution is 7.89. The van der Waals surface area contributed by atoms with Gasteiger partial charge in [0.25, 0.3) is 5.91 Å². The van der Waals surface area contributed by atoms with Crippen molar-refractivity contribution in [1.29, 1.82) is 0 Å². The second-order valence-electron chi connectivity index (χ2n) is 8.47. The number of aryl methyl sites for hydroxylation is 1. The van der Waals surface area contributed by atoms with E-state index in [-0.39, 0.29) is 22.8 Å². The quantitative estimate of drug-likeness (QED) is 0.400. The van der Waals surface area contributed by atoms with E-state index in [1.807, 2.05) is 18.2 Å². The molecule has 1 unspecified atom stereocenters. The van der Waals surface area contributed by atoms with Crippen molar-refractivity contribution in [3.63, 3.8) is 0 Å². The Hall–Kier alpha value is -2.97. The molecule has 0 radical (unpaired) electrons. The Kier molecular flexibility index (Phi) is 9.42. The summed E-state index contributed by atoms with van der Waals surface area (Å²) >= 11 is 0. The van der Waals surface area contributed by atoms with E-state index in [0.29, 0.717) is 38.0 Å². The summed E-state index contributed by atoms with van der Waals surface area (Å²) in [6.45, 7) is 4.75. The zero-order valence-electron chi connectivity index (χ0n) is 19.4. The molecule has 1 aliphatic rings. The van der Waals surface area contributed by atoms with Crippen LogP contribution in [0.5, 0.6) is 0 Å². The molecule has 34 heavy (non-hydrogen) atoms. The number of sulfonamides is 1. The first kappa shape index (κ1) is 25.6. The Labute approximate surface area is 202 Å². The highest BCUT2D eigenvalue weighted by Gasteiger charge is 2.28. The van der Waals surface area contributed by atoms with Gasteiger partial charge in [0.15, 0.2) is 0 Å². The lowest BCUT2D eigenvalue weighted by Crippen LogP contribution is -2.36. The zero-order chi connectivity index (χ0) is 24.4. The summed E-state index contributed by atoms with van der Waals surface area (Å²) < 4.78 is 27.6. The lowest BCUT2D eigenvalue weighted by atomic mass is 10.1. The van der Waals surface area contributed by atoms with Crippen molar-refractivity contribution in [3.8, 4) is 0 Å². The minimum atomic E-state index is -3.67. The van der Waals surface area contributed by atoms with Crippen LogP contribution in [0.4, 0.5) is 0 Å². The third kappa shape index (κ3) is 7.27. The summed E-state index contributed by atoms with van der Waals surface area (Å²) in [6.07, 6.45) is 5.97. The molecule has 1 atom stereocenters.